The predicted octanol–water partition coefficient (Wildman–Crippen LogP) is 6.26. The summed E-state index contributed by atoms with van der Waals surface area (Å²) in [7, 11) is 3.01. The molecule has 0 aromatic carbocycles. The van der Waals surface area contributed by atoms with Crippen LogP contribution in [0.1, 0.15) is 104 Å². The van der Waals surface area contributed by atoms with E-state index in [-0.39, 0.29) is 17.1 Å². The highest BCUT2D eigenvalue weighted by Crippen LogP contribution is 2.22. The van der Waals surface area contributed by atoms with Gasteiger partial charge in [-0.25, -0.2) is 9.78 Å². The second kappa shape index (κ2) is 17.4. The minimum Gasteiger partial charge on any atom is -0.441 e. The lowest BCUT2D eigenvalue weighted by molar-refractivity contribution is -0.154. The highest BCUT2D eigenvalue weighted by atomic mass is 16.6. The summed E-state index contributed by atoms with van der Waals surface area (Å²) >= 11 is 0. The number of rotatable bonds is 18. The molecule has 0 radical (unpaired) electrons. The maximum Gasteiger partial charge on any atom is 0.332 e. The van der Waals surface area contributed by atoms with E-state index in [0.717, 1.165) is 49.5 Å². The lowest BCUT2D eigenvalue weighted by Crippen LogP contribution is -2.38. The Balaban J connectivity index is 1.79. The molecule has 1 atom stereocenters. The van der Waals surface area contributed by atoms with E-state index in [0.29, 0.717) is 12.8 Å². The third kappa shape index (κ3) is 9.62. The molecule has 2 heterocycles. The van der Waals surface area contributed by atoms with Crippen molar-refractivity contribution in [2.24, 2.45) is 14.1 Å². The molecule has 0 N–H and O–H groups in total. The summed E-state index contributed by atoms with van der Waals surface area (Å²) in [6.07, 6.45) is 26.3. The molecule has 8 nitrogen and oxygen atoms in total. The Morgan fingerprint density at radius 3 is 2.11 bits per heavy atom. The van der Waals surface area contributed by atoms with Crippen molar-refractivity contribution in [3.8, 4) is 0 Å². The molecule has 2 aromatic rings. The number of imidazole rings is 1. The Morgan fingerprint density at radius 2 is 1.47 bits per heavy atom. The number of carbonyl (C=O) groups excluding carboxylic acids is 1. The van der Waals surface area contributed by atoms with Crippen LogP contribution in [0.3, 0.4) is 0 Å². The maximum absolute atomic E-state index is 12.8. The summed E-state index contributed by atoms with van der Waals surface area (Å²) < 4.78 is 9.79. The number of esters is 1. The van der Waals surface area contributed by atoms with Gasteiger partial charge in [-0.1, -0.05) is 69.6 Å². The SMILES string of the molecule is CCCCC/C=C\C/C=C\C/C=C\CCCCC(=O)OC(CCCC)n1cnc2c1c(=O)n(C)c(=O)n2C. The smallest absolute Gasteiger partial charge is 0.332 e. The van der Waals surface area contributed by atoms with Crippen molar-refractivity contribution in [2.75, 3.05) is 0 Å². The van der Waals surface area contributed by atoms with Crippen molar-refractivity contribution in [3.05, 3.63) is 63.6 Å². The molecule has 210 valence electrons. The van der Waals surface area contributed by atoms with Gasteiger partial charge < -0.3 is 4.74 Å². The van der Waals surface area contributed by atoms with Crippen LogP contribution in [-0.4, -0.2) is 24.7 Å². The van der Waals surface area contributed by atoms with Gasteiger partial charge in [0.25, 0.3) is 5.56 Å². The van der Waals surface area contributed by atoms with Crippen LogP contribution in [-0.2, 0) is 23.6 Å². The van der Waals surface area contributed by atoms with Gasteiger partial charge in [-0.05, 0) is 51.4 Å². The topological polar surface area (TPSA) is 88.1 Å². The molecule has 0 fully saturated rings. The van der Waals surface area contributed by atoms with Gasteiger partial charge in [-0.15, -0.1) is 0 Å². The first-order valence-electron chi connectivity index (χ1n) is 14.2. The Labute approximate surface area is 226 Å². The van der Waals surface area contributed by atoms with Crippen LogP contribution in [0.25, 0.3) is 11.2 Å². The minimum absolute atomic E-state index is 0.269. The molecule has 38 heavy (non-hydrogen) atoms. The first-order chi connectivity index (χ1) is 18.4. The standard InChI is InChI=1S/C30H46N4O4/c1-5-7-9-10-11-12-13-14-15-16-17-18-19-20-21-23-26(35)38-25(22-8-6-2)34-24-31-28-27(34)29(36)33(4)30(37)32(28)3/h11-12,14-15,17-18,24-25H,5-10,13,16,19-23H2,1-4H3/b12-11-,15-14-,18-17-. The van der Waals surface area contributed by atoms with Crippen LogP contribution in [0.5, 0.6) is 0 Å². The minimum atomic E-state index is -0.629. The van der Waals surface area contributed by atoms with E-state index in [2.05, 4.69) is 55.3 Å². The quantitative estimate of drug-likeness (QED) is 0.130. The Kier molecular flexibility index (Phi) is 14.2. The summed E-state index contributed by atoms with van der Waals surface area (Å²) in [4.78, 5) is 41.9. The van der Waals surface area contributed by atoms with Gasteiger partial charge in [0, 0.05) is 26.9 Å². The van der Waals surface area contributed by atoms with Gasteiger partial charge >= 0.3 is 11.7 Å². The highest BCUT2D eigenvalue weighted by Gasteiger charge is 2.22. The predicted molar refractivity (Wildman–Crippen MR) is 154 cm³/mol. The summed E-state index contributed by atoms with van der Waals surface area (Å²) in [5.41, 5.74) is -0.328. The molecule has 0 saturated heterocycles. The Bertz CT molecular complexity index is 1200. The molecule has 2 rings (SSSR count). The monoisotopic (exact) mass is 526 g/mol. The van der Waals surface area contributed by atoms with Crippen molar-refractivity contribution >= 4 is 17.1 Å². The van der Waals surface area contributed by atoms with Crippen LogP contribution in [0.15, 0.2) is 52.4 Å². The lowest BCUT2D eigenvalue weighted by Gasteiger charge is -2.20. The zero-order chi connectivity index (χ0) is 27.8. The van der Waals surface area contributed by atoms with Crippen LogP contribution >= 0.6 is 0 Å². The largest absolute Gasteiger partial charge is 0.441 e. The van der Waals surface area contributed by atoms with Crippen LogP contribution in [0, 0.1) is 0 Å². The van der Waals surface area contributed by atoms with E-state index < -0.39 is 17.5 Å². The van der Waals surface area contributed by atoms with Gasteiger partial charge in [0.15, 0.2) is 17.4 Å². The number of aromatic nitrogens is 4. The van der Waals surface area contributed by atoms with Gasteiger partial charge in [0.1, 0.15) is 6.33 Å². The molecule has 0 bridgehead atoms. The van der Waals surface area contributed by atoms with Crippen molar-refractivity contribution in [1.82, 2.24) is 18.7 Å². The van der Waals surface area contributed by atoms with E-state index in [1.807, 2.05) is 0 Å². The van der Waals surface area contributed by atoms with Crippen molar-refractivity contribution < 1.29 is 9.53 Å². The van der Waals surface area contributed by atoms with Gasteiger partial charge in [0.2, 0.25) is 0 Å². The van der Waals surface area contributed by atoms with Crippen molar-refractivity contribution in [1.29, 1.82) is 0 Å². The average Bonchev–Trinajstić information content (AvgIpc) is 3.36. The van der Waals surface area contributed by atoms with Crippen LogP contribution in [0.4, 0.5) is 0 Å². The highest BCUT2D eigenvalue weighted by molar-refractivity contribution is 5.71. The Hall–Kier alpha value is -3.16. The Morgan fingerprint density at radius 1 is 0.868 bits per heavy atom. The molecule has 0 saturated carbocycles. The van der Waals surface area contributed by atoms with Crippen LogP contribution < -0.4 is 11.2 Å². The van der Waals surface area contributed by atoms with E-state index in [1.165, 1.54) is 43.6 Å². The molecule has 0 amide bonds. The molecular weight excluding hydrogens is 480 g/mol. The molecule has 8 heteroatoms. The van der Waals surface area contributed by atoms with E-state index in [1.54, 1.807) is 11.6 Å². The lowest BCUT2D eigenvalue weighted by atomic mass is 10.1. The fraction of sp³-hybridized carbons (Fsp3) is 0.600. The van der Waals surface area contributed by atoms with Gasteiger partial charge in [0.05, 0.1) is 0 Å². The molecule has 0 aliphatic heterocycles. The number of hydrogen-bond donors (Lipinski definition) is 0. The average molecular weight is 527 g/mol. The van der Waals surface area contributed by atoms with Gasteiger partial charge in [-0.3, -0.25) is 23.3 Å². The number of nitrogens with zero attached hydrogens (tertiary/aromatic N) is 4. The number of carbonyl (C=O) groups is 1. The number of fused-ring (bicyclic) bond motifs is 1. The first kappa shape index (κ1) is 31.1. The fourth-order valence-electron chi connectivity index (χ4n) is 4.25. The second-order valence-electron chi connectivity index (χ2n) is 9.74. The third-order valence-corrected chi connectivity index (χ3v) is 6.58. The number of unbranched alkanes of at least 4 members (excludes halogenated alkanes) is 6. The first-order valence-corrected chi connectivity index (χ1v) is 14.2. The normalized spacial score (nSPS) is 12.9. The molecule has 0 aliphatic carbocycles. The molecule has 2 aromatic heterocycles. The van der Waals surface area contributed by atoms with Crippen molar-refractivity contribution in [2.45, 2.75) is 104 Å². The summed E-state index contributed by atoms with van der Waals surface area (Å²) in [5.74, 6) is -0.288. The fourth-order valence-corrected chi connectivity index (χ4v) is 4.25. The summed E-state index contributed by atoms with van der Waals surface area (Å²) in [6.45, 7) is 4.28. The molecule has 0 spiro atoms. The number of hydrogen-bond acceptors (Lipinski definition) is 5. The van der Waals surface area contributed by atoms with Crippen molar-refractivity contribution in [3.63, 3.8) is 0 Å². The molecular formula is C30H46N4O4. The maximum atomic E-state index is 12.8. The number of aryl methyl sites for hydroxylation is 1. The van der Waals surface area contributed by atoms with Gasteiger partial charge in [-0.2, -0.15) is 0 Å². The zero-order valence-electron chi connectivity index (χ0n) is 23.7. The third-order valence-electron chi connectivity index (χ3n) is 6.58. The molecule has 0 aliphatic rings. The molecule has 1 unspecified atom stereocenters. The number of allylic oxidation sites excluding steroid dienone is 6. The summed E-state index contributed by atoms with van der Waals surface area (Å²) in [6, 6.07) is 0. The summed E-state index contributed by atoms with van der Waals surface area (Å²) in [5, 5.41) is 0. The van der Waals surface area contributed by atoms with Crippen LogP contribution in [0.2, 0.25) is 0 Å². The van der Waals surface area contributed by atoms with E-state index in [9.17, 15) is 14.4 Å². The van der Waals surface area contributed by atoms with E-state index in [4.69, 9.17) is 4.74 Å². The second-order valence-corrected chi connectivity index (χ2v) is 9.74. The number of ether oxygens (including phenoxy) is 1. The van der Waals surface area contributed by atoms with E-state index >= 15 is 0 Å². The zero-order valence-corrected chi connectivity index (χ0v) is 23.7.